The lowest BCUT2D eigenvalue weighted by Gasteiger charge is -2.36. The highest BCUT2D eigenvalue weighted by molar-refractivity contribution is 4.84. The highest BCUT2D eigenvalue weighted by Crippen LogP contribution is 2.42. The minimum Gasteiger partial charge on any atom is -0.381 e. The molecule has 78 valence electrons. The van der Waals surface area contributed by atoms with Gasteiger partial charge in [0.25, 0.3) is 0 Å². The van der Waals surface area contributed by atoms with E-state index in [0.29, 0.717) is 10.8 Å². The fraction of sp³-hybridized carbons (Fsp3) is 1.00. The zero-order valence-electron chi connectivity index (χ0n) is 9.81. The van der Waals surface area contributed by atoms with Gasteiger partial charge in [0.15, 0.2) is 0 Å². The van der Waals surface area contributed by atoms with Gasteiger partial charge in [0.2, 0.25) is 0 Å². The van der Waals surface area contributed by atoms with Crippen LogP contribution in [0.1, 0.15) is 47.5 Å². The molecule has 13 heavy (non-hydrogen) atoms. The molecule has 1 heteroatoms. The smallest absolute Gasteiger partial charge is 0.0500 e. The van der Waals surface area contributed by atoms with Gasteiger partial charge in [-0.3, -0.25) is 0 Å². The van der Waals surface area contributed by atoms with Crippen LogP contribution in [-0.2, 0) is 4.74 Å². The molecule has 1 fully saturated rings. The van der Waals surface area contributed by atoms with Gasteiger partial charge in [-0.1, -0.05) is 34.6 Å². The molecule has 1 saturated heterocycles. The van der Waals surface area contributed by atoms with E-state index in [2.05, 4.69) is 34.6 Å². The van der Waals surface area contributed by atoms with Gasteiger partial charge in [-0.05, 0) is 29.6 Å². The molecule has 1 atom stereocenters. The van der Waals surface area contributed by atoms with Crippen molar-refractivity contribution >= 4 is 0 Å². The molecule has 0 amide bonds. The lowest BCUT2D eigenvalue weighted by Crippen LogP contribution is -2.29. The zero-order chi connectivity index (χ0) is 10.1. The SMILES string of the molecule is CC(C)(C)CC(C)(C)C1CCOC1. The summed E-state index contributed by atoms with van der Waals surface area (Å²) in [6.07, 6.45) is 2.54. The largest absolute Gasteiger partial charge is 0.381 e. The van der Waals surface area contributed by atoms with Crippen molar-refractivity contribution in [1.29, 1.82) is 0 Å². The molecule has 1 rings (SSSR count). The molecular formula is C12H24O. The van der Waals surface area contributed by atoms with Crippen LogP contribution in [0.15, 0.2) is 0 Å². The molecule has 0 radical (unpaired) electrons. The molecule has 0 aromatic heterocycles. The first kappa shape index (κ1) is 11.0. The van der Waals surface area contributed by atoms with E-state index in [1.807, 2.05) is 0 Å². The Bertz CT molecular complexity index is 158. The lowest BCUT2D eigenvalue weighted by atomic mass is 9.69. The highest BCUT2D eigenvalue weighted by Gasteiger charge is 2.35. The van der Waals surface area contributed by atoms with Gasteiger partial charge in [-0.15, -0.1) is 0 Å². The second-order valence-electron chi connectivity index (χ2n) is 6.29. The van der Waals surface area contributed by atoms with E-state index in [9.17, 15) is 0 Å². The molecular weight excluding hydrogens is 160 g/mol. The molecule has 1 aliphatic rings. The van der Waals surface area contributed by atoms with Crippen molar-refractivity contribution in [3.05, 3.63) is 0 Å². The predicted molar refractivity (Wildman–Crippen MR) is 56.8 cm³/mol. The summed E-state index contributed by atoms with van der Waals surface area (Å²) in [4.78, 5) is 0. The quantitative estimate of drug-likeness (QED) is 0.638. The van der Waals surface area contributed by atoms with E-state index in [1.165, 1.54) is 12.8 Å². The minimum atomic E-state index is 0.437. The minimum absolute atomic E-state index is 0.437. The number of hydrogen-bond donors (Lipinski definition) is 0. The molecule has 1 heterocycles. The van der Waals surface area contributed by atoms with Crippen molar-refractivity contribution in [3.8, 4) is 0 Å². The van der Waals surface area contributed by atoms with Crippen LogP contribution in [0.5, 0.6) is 0 Å². The van der Waals surface area contributed by atoms with E-state index in [-0.39, 0.29) is 0 Å². The first-order valence-electron chi connectivity index (χ1n) is 5.39. The summed E-state index contributed by atoms with van der Waals surface area (Å²) in [6.45, 7) is 13.7. The maximum atomic E-state index is 5.46. The van der Waals surface area contributed by atoms with Gasteiger partial charge in [-0.25, -0.2) is 0 Å². The highest BCUT2D eigenvalue weighted by atomic mass is 16.5. The Labute approximate surface area is 82.9 Å². The van der Waals surface area contributed by atoms with Crippen LogP contribution in [0.3, 0.4) is 0 Å². The average molecular weight is 184 g/mol. The van der Waals surface area contributed by atoms with E-state index in [4.69, 9.17) is 4.74 Å². The van der Waals surface area contributed by atoms with Crippen LogP contribution in [0.25, 0.3) is 0 Å². The Morgan fingerprint density at radius 2 is 1.77 bits per heavy atom. The van der Waals surface area contributed by atoms with E-state index in [1.54, 1.807) is 0 Å². The van der Waals surface area contributed by atoms with E-state index < -0.39 is 0 Å². The molecule has 0 bridgehead atoms. The summed E-state index contributed by atoms with van der Waals surface area (Å²) in [5.74, 6) is 0.770. The normalized spacial score (nSPS) is 25.2. The van der Waals surface area contributed by atoms with Gasteiger partial charge in [0.1, 0.15) is 0 Å². The Hall–Kier alpha value is -0.0400. The second-order valence-corrected chi connectivity index (χ2v) is 6.29. The zero-order valence-corrected chi connectivity index (χ0v) is 9.81. The van der Waals surface area contributed by atoms with Gasteiger partial charge in [0, 0.05) is 13.2 Å². The molecule has 1 nitrogen and oxygen atoms in total. The van der Waals surface area contributed by atoms with Crippen molar-refractivity contribution in [3.63, 3.8) is 0 Å². The first-order chi connectivity index (χ1) is 5.81. The monoisotopic (exact) mass is 184 g/mol. The van der Waals surface area contributed by atoms with Gasteiger partial charge in [-0.2, -0.15) is 0 Å². The van der Waals surface area contributed by atoms with Gasteiger partial charge >= 0.3 is 0 Å². The number of ether oxygens (including phenoxy) is 1. The third-order valence-corrected chi connectivity index (χ3v) is 3.02. The van der Waals surface area contributed by atoms with E-state index in [0.717, 1.165) is 19.1 Å². The van der Waals surface area contributed by atoms with Crippen LogP contribution >= 0.6 is 0 Å². The molecule has 0 saturated carbocycles. The maximum Gasteiger partial charge on any atom is 0.0500 e. The van der Waals surface area contributed by atoms with Crippen molar-refractivity contribution in [1.82, 2.24) is 0 Å². The number of rotatable bonds is 2. The molecule has 0 spiro atoms. The molecule has 1 unspecified atom stereocenters. The fourth-order valence-electron chi connectivity index (χ4n) is 2.66. The van der Waals surface area contributed by atoms with Crippen molar-refractivity contribution in [2.24, 2.45) is 16.7 Å². The first-order valence-corrected chi connectivity index (χ1v) is 5.39. The third kappa shape index (κ3) is 3.30. The van der Waals surface area contributed by atoms with Crippen LogP contribution in [0.2, 0.25) is 0 Å². The van der Waals surface area contributed by atoms with Crippen LogP contribution in [0, 0.1) is 16.7 Å². The summed E-state index contributed by atoms with van der Waals surface area (Å²) < 4.78 is 5.46. The fourth-order valence-corrected chi connectivity index (χ4v) is 2.66. The summed E-state index contributed by atoms with van der Waals surface area (Å²) >= 11 is 0. The Morgan fingerprint density at radius 1 is 1.15 bits per heavy atom. The maximum absolute atomic E-state index is 5.46. The third-order valence-electron chi connectivity index (χ3n) is 3.02. The van der Waals surface area contributed by atoms with Gasteiger partial charge < -0.3 is 4.74 Å². The van der Waals surface area contributed by atoms with E-state index >= 15 is 0 Å². The number of hydrogen-bond acceptors (Lipinski definition) is 1. The Morgan fingerprint density at radius 3 is 2.15 bits per heavy atom. The van der Waals surface area contributed by atoms with Crippen LogP contribution in [0.4, 0.5) is 0 Å². The van der Waals surface area contributed by atoms with Crippen LogP contribution < -0.4 is 0 Å². The van der Waals surface area contributed by atoms with Crippen molar-refractivity contribution in [2.45, 2.75) is 47.5 Å². The van der Waals surface area contributed by atoms with Crippen LogP contribution in [-0.4, -0.2) is 13.2 Å². The summed E-state index contributed by atoms with van der Waals surface area (Å²) in [6, 6.07) is 0. The van der Waals surface area contributed by atoms with Crippen molar-refractivity contribution in [2.75, 3.05) is 13.2 Å². The molecule has 1 aliphatic heterocycles. The summed E-state index contributed by atoms with van der Waals surface area (Å²) in [5.41, 5.74) is 0.876. The lowest BCUT2D eigenvalue weighted by molar-refractivity contribution is 0.105. The topological polar surface area (TPSA) is 9.23 Å². The summed E-state index contributed by atoms with van der Waals surface area (Å²) in [5, 5.41) is 0. The molecule has 0 aromatic carbocycles. The summed E-state index contributed by atoms with van der Waals surface area (Å²) in [7, 11) is 0. The second kappa shape index (κ2) is 3.61. The molecule has 0 aromatic rings. The predicted octanol–water partition coefficient (Wildman–Crippen LogP) is 3.49. The van der Waals surface area contributed by atoms with Crippen molar-refractivity contribution < 1.29 is 4.74 Å². The Kier molecular flexibility index (Phi) is 3.06. The molecule has 0 aliphatic carbocycles. The Balaban J connectivity index is 2.53. The standard InChI is InChI=1S/C12H24O/c1-11(2,3)9-12(4,5)10-6-7-13-8-10/h10H,6-9H2,1-5H3. The average Bonchev–Trinajstić information content (AvgIpc) is 2.29. The molecule has 0 N–H and O–H groups in total. The van der Waals surface area contributed by atoms with Gasteiger partial charge in [0.05, 0.1) is 0 Å².